The SMILES string of the molecule is CC(C)(CCO)NCC(O)COc1cccc2c1/C(=C/c1ccn[nH]1)C(=O)N2. The molecule has 8 heteroatoms. The number of H-pyrrole nitrogens is 1. The number of nitrogens with one attached hydrogen (secondary N) is 3. The lowest BCUT2D eigenvalue weighted by Gasteiger charge is -2.27. The number of β-amino-alcohol motifs (C(OH)–C–C–N with tert-alkyl or cyclic N) is 1. The number of anilines is 1. The lowest BCUT2D eigenvalue weighted by atomic mass is 10.0. The molecule has 0 radical (unpaired) electrons. The van der Waals surface area contributed by atoms with Crippen LogP contribution in [0.4, 0.5) is 5.69 Å². The van der Waals surface area contributed by atoms with Gasteiger partial charge in [-0.1, -0.05) is 6.07 Å². The smallest absolute Gasteiger partial charge is 0.256 e. The predicted octanol–water partition coefficient (Wildman–Crippen LogP) is 1.39. The summed E-state index contributed by atoms with van der Waals surface area (Å²) >= 11 is 0. The third-order valence-electron chi connectivity index (χ3n) is 4.59. The maximum Gasteiger partial charge on any atom is 0.256 e. The number of aromatic nitrogens is 2. The molecule has 1 unspecified atom stereocenters. The molecule has 2 aromatic rings. The first kappa shape index (κ1) is 20.1. The predicted molar refractivity (Wildman–Crippen MR) is 107 cm³/mol. The van der Waals surface area contributed by atoms with Crippen molar-refractivity contribution in [3.63, 3.8) is 0 Å². The van der Waals surface area contributed by atoms with Gasteiger partial charge in [0.15, 0.2) is 0 Å². The van der Waals surface area contributed by atoms with Crippen LogP contribution in [0.25, 0.3) is 11.6 Å². The first-order valence-corrected chi connectivity index (χ1v) is 9.22. The van der Waals surface area contributed by atoms with Crippen molar-refractivity contribution in [2.45, 2.75) is 31.9 Å². The summed E-state index contributed by atoms with van der Waals surface area (Å²) in [7, 11) is 0. The number of benzene rings is 1. The molecule has 1 aliphatic rings. The highest BCUT2D eigenvalue weighted by atomic mass is 16.5. The lowest BCUT2D eigenvalue weighted by Crippen LogP contribution is -2.45. The standard InChI is InChI=1S/C20H26N4O4/c1-20(2,7-9-25)21-11-14(26)12-28-17-5-3-4-16-18(17)15(19(27)23-16)10-13-6-8-22-24-13/h3-6,8,10,14,21,25-26H,7,9,11-12H2,1-2H3,(H,22,24)(H,23,27)/b15-10-. The molecule has 2 heterocycles. The fourth-order valence-electron chi connectivity index (χ4n) is 2.98. The second kappa shape index (κ2) is 8.55. The highest BCUT2D eigenvalue weighted by molar-refractivity contribution is 6.35. The van der Waals surface area contributed by atoms with E-state index in [1.807, 2.05) is 19.9 Å². The molecule has 8 nitrogen and oxygen atoms in total. The zero-order valence-corrected chi connectivity index (χ0v) is 16.0. The summed E-state index contributed by atoms with van der Waals surface area (Å²) in [6.45, 7) is 4.41. The number of nitrogens with zero attached hydrogens (tertiary/aromatic N) is 1. The lowest BCUT2D eigenvalue weighted by molar-refractivity contribution is -0.110. The summed E-state index contributed by atoms with van der Waals surface area (Å²) < 4.78 is 5.84. The number of aliphatic hydroxyl groups is 2. The Morgan fingerprint density at radius 3 is 2.89 bits per heavy atom. The van der Waals surface area contributed by atoms with Crippen LogP contribution in [0.1, 0.15) is 31.5 Å². The highest BCUT2D eigenvalue weighted by Crippen LogP contribution is 2.39. The van der Waals surface area contributed by atoms with Crippen LogP contribution >= 0.6 is 0 Å². The zero-order valence-electron chi connectivity index (χ0n) is 16.0. The molecule has 0 aliphatic carbocycles. The van der Waals surface area contributed by atoms with Gasteiger partial charge in [0.05, 0.1) is 22.5 Å². The monoisotopic (exact) mass is 386 g/mol. The van der Waals surface area contributed by atoms with Gasteiger partial charge in [-0.3, -0.25) is 9.89 Å². The van der Waals surface area contributed by atoms with Crippen molar-refractivity contribution in [1.29, 1.82) is 0 Å². The molecule has 28 heavy (non-hydrogen) atoms. The van der Waals surface area contributed by atoms with E-state index < -0.39 is 6.10 Å². The Morgan fingerprint density at radius 1 is 1.36 bits per heavy atom. The van der Waals surface area contributed by atoms with Gasteiger partial charge < -0.3 is 25.6 Å². The molecule has 1 atom stereocenters. The van der Waals surface area contributed by atoms with Gasteiger partial charge in [-0.25, -0.2) is 0 Å². The quantitative estimate of drug-likeness (QED) is 0.416. The Morgan fingerprint density at radius 2 is 2.18 bits per heavy atom. The third-order valence-corrected chi connectivity index (χ3v) is 4.59. The number of fused-ring (bicyclic) bond motifs is 1. The highest BCUT2D eigenvalue weighted by Gasteiger charge is 2.28. The summed E-state index contributed by atoms with van der Waals surface area (Å²) in [5, 5.41) is 32.1. The van der Waals surface area contributed by atoms with Gasteiger partial charge in [0, 0.05) is 24.9 Å². The molecule has 0 saturated carbocycles. The fourth-order valence-corrected chi connectivity index (χ4v) is 2.98. The van der Waals surface area contributed by atoms with Crippen LogP contribution in [-0.2, 0) is 4.79 Å². The molecule has 150 valence electrons. The maximum atomic E-state index is 12.4. The number of hydrogen-bond acceptors (Lipinski definition) is 6. The second-order valence-electron chi connectivity index (χ2n) is 7.41. The Balaban J connectivity index is 1.70. The van der Waals surface area contributed by atoms with Crippen molar-refractivity contribution < 1.29 is 19.7 Å². The van der Waals surface area contributed by atoms with Gasteiger partial charge in [-0.15, -0.1) is 0 Å². The Bertz CT molecular complexity index is 846. The molecule has 0 fully saturated rings. The molecule has 1 amide bonds. The van der Waals surface area contributed by atoms with Crippen LogP contribution in [0.5, 0.6) is 5.75 Å². The van der Waals surface area contributed by atoms with Crippen molar-refractivity contribution in [2.75, 3.05) is 25.1 Å². The van der Waals surface area contributed by atoms with E-state index in [0.717, 1.165) is 0 Å². The molecule has 3 rings (SSSR count). The minimum Gasteiger partial charge on any atom is -0.490 e. The largest absolute Gasteiger partial charge is 0.490 e. The fraction of sp³-hybridized carbons (Fsp3) is 0.400. The van der Waals surface area contributed by atoms with Crippen molar-refractivity contribution in [3.05, 3.63) is 41.7 Å². The number of ether oxygens (including phenoxy) is 1. The average molecular weight is 386 g/mol. The molecule has 5 N–H and O–H groups in total. The number of aromatic amines is 1. The van der Waals surface area contributed by atoms with Crippen LogP contribution < -0.4 is 15.4 Å². The molecule has 0 saturated heterocycles. The molecule has 0 spiro atoms. The average Bonchev–Trinajstić information content (AvgIpc) is 3.27. The van der Waals surface area contributed by atoms with Crippen molar-refractivity contribution in [2.24, 2.45) is 0 Å². The Labute approximate surface area is 163 Å². The second-order valence-corrected chi connectivity index (χ2v) is 7.41. The van der Waals surface area contributed by atoms with E-state index in [-0.39, 0.29) is 24.7 Å². The van der Waals surface area contributed by atoms with Gasteiger partial charge in [-0.2, -0.15) is 5.10 Å². The van der Waals surface area contributed by atoms with E-state index in [0.29, 0.717) is 41.2 Å². The first-order valence-electron chi connectivity index (χ1n) is 9.22. The third kappa shape index (κ3) is 4.78. The summed E-state index contributed by atoms with van der Waals surface area (Å²) in [5.74, 6) is 0.309. The Kier molecular flexibility index (Phi) is 6.13. The molecule has 1 aromatic heterocycles. The van der Waals surface area contributed by atoms with Crippen LogP contribution in [0.2, 0.25) is 0 Å². The summed E-state index contributed by atoms with van der Waals surface area (Å²) in [6, 6.07) is 7.15. The van der Waals surface area contributed by atoms with Gasteiger partial charge in [0.1, 0.15) is 18.5 Å². The summed E-state index contributed by atoms with van der Waals surface area (Å²) in [6.07, 6.45) is 3.18. The van der Waals surface area contributed by atoms with Crippen LogP contribution in [0, 0.1) is 0 Å². The van der Waals surface area contributed by atoms with E-state index in [1.54, 1.807) is 30.5 Å². The number of carbonyl (C=O) groups excluding carboxylic acids is 1. The molecule has 1 aromatic carbocycles. The van der Waals surface area contributed by atoms with Crippen molar-refractivity contribution in [1.82, 2.24) is 15.5 Å². The van der Waals surface area contributed by atoms with E-state index in [1.165, 1.54) is 0 Å². The number of carbonyl (C=O) groups is 1. The minimum absolute atomic E-state index is 0.0736. The number of rotatable bonds is 9. The number of hydrogen-bond donors (Lipinski definition) is 5. The topological polar surface area (TPSA) is 120 Å². The van der Waals surface area contributed by atoms with E-state index in [9.17, 15) is 9.90 Å². The van der Waals surface area contributed by atoms with Crippen molar-refractivity contribution >= 4 is 23.2 Å². The van der Waals surface area contributed by atoms with E-state index >= 15 is 0 Å². The number of amides is 1. The summed E-state index contributed by atoms with van der Waals surface area (Å²) in [4.78, 5) is 12.4. The van der Waals surface area contributed by atoms with Crippen molar-refractivity contribution in [3.8, 4) is 5.75 Å². The van der Waals surface area contributed by atoms with Gasteiger partial charge >= 0.3 is 0 Å². The van der Waals surface area contributed by atoms with E-state index in [2.05, 4.69) is 20.8 Å². The normalized spacial score (nSPS) is 16.1. The van der Waals surface area contributed by atoms with Crippen LogP contribution in [0.3, 0.4) is 0 Å². The molecular formula is C20H26N4O4. The maximum absolute atomic E-state index is 12.4. The van der Waals surface area contributed by atoms with E-state index in [4.69, 9.17) is 9.84 Å². The molecular weight excluding hydrogens is 360 g/mol. The zero-order chi connectivity index (χ0) is 20.1. The Hall–Kier alpha value is -2.68. The number of aliphatic hydroxyl groups excluding tert-OH is 2. The van der Waals surface area contributed by atoms with Gasteiger partial charge in [0.2, 0.25) is 0 Å². The summed E-state index contributed by atoms with van der Waals surface area (Å²) in [5.41, 5.74) is 2.25. The minimum atomic E-state index is -0.737. The van der Waals surface area contributed by atoms with Gasteiger partial charge in [0.25, 0.3) is 5.91 Å². The first-order chi connectivity index (χ1) is 13.4. The van der Waals surface area contributed by atoms with Crippen LogP contribution in [-0.4, -0.2) is 57.7 Å². The molecule has 0 bridgehead atoms. The molecule has 1 aliphatic heterocycles. The van der Waals surface area contributed by atoms with Gasteiger partial charge in [-0.05, 0) is 44.5 Å². The van der Waals surface area contributed by atoms with Crippen LogP contribution in [0.15, 0.2) is 30.5 Å².